The number of alkyl halides is 5. The summed E-state index contributed by atoms with van der Waals surface area (Å²) in [6.45, 7) is 8.39. The number of aromatic nitrogens is 3. The molecular formula is C30H43F5N6O2. The Bertz CT molecular complexity index is 1420. The smallest absolute Gasteiger partial charge is 0.495 e. The van der Waals surface area contributed by atoms with Gasteiger partial charge in [-0.05, 0) is 85.6 Å². The van der Waals surface area contributed by atoms with E-state index in [-0.39, 0.29) is 2.85 Å². The van der Waals surface area contributed by atoms with Gasteiger partial charge in [-0.25, -0.2) is 10.5 Å². The molecule has 2 aromatic carbocycles. The van der Waals surface area contributed by atoms with Crippen molar-refractivity contribution in [3.8, 4) is 17.2 Å². The fourth-order valence-corrected chi connectivity index (χ4v) is 4.46. The van der Waals surface area contributed by atoms with Crippen molar-refractivity contribution in [2.75, 3.05) is 12.4 Å². The number of allylic oxidation sites excluding steroid dienone is 3. The van der Waals surface area contributed by atoms with Gasteiger partial charge >= 0.3 is 12.3 Å². The number of nitrogens with zero attached hydrogens (tertiary/aromatic N) is 3. The van der Waals surface area contributed by atoms with E-state index < -0.39 is 18.0 Å². The van der Waals surface area contributed by atoms with Crippen LogP contribution < -0.4 is 26.1 Å². The van der Waals surface area contributed by atoms with Crippen LogP contribution in [0.3, 0.4) is 0 Å². The van der Waals surface area contributed by atoms with E-state index in [0.29, 0.717) is 17.5 Å². The summed E-state index contributed by atoms with van der Waals surface area (Å²) in [6, 6.07) is 10.9. The van der Waals surface area contributed by atoms with Gasteiger partial charge in [0, 0.05) is 9.90 Å². The minimum Gasteiger partial charge on any atom is -0.495 e. The topological polar surface area (TPSA) is 91.3 Å². The normalized spacial score (nSPS) is 15.9. The molecule has 4 N–H and O–H groups in total. The predicted octanol–water partition coefficient (Wildman–Crippen LogP) is 8.00. The van der Waals surface area contributed by atoms with Crippen molar-refractivity contribution in [2.45, 2.75) is 65.2 Å². The molecule has 0 amide bonds. The molecule has 1 aliphatic rings. The Morgan fingerprint density at radius 3 is 2.30 bits per heavy atom. The Morgan fingerprint density at radius 1 is 1.14 bits per heavy atom. The second kappa shape index (κ2) is 14.0. The van der Waals surface area contributed by atoms with E-state index in [1.807, 2.05) is 36.9 Å². The van der Waals surface area contributed by atoms with Crippen molar-refractivity contribution in [3.05, 3.63) is 71.8 Å². The van der Waals surface area contributed by atoms with Gasteiger partial charge in [-0.3, -0.25) is 0 Å². The third kappa shape index (κ3) is 8.09. The molecule has 1 aliphatic carbocycles. The quantitative estimate of drug-likeness (QED) is 0.129. The van der Waals surface area contributed by atoms with Crippen molar-refractivity contribution in [1.29, 1.82) is 0 Å². The van der Waals surface area contributed by atoms with Gasteiger partial charge in [-0.15, -0.1) is 5.10 Å². The molecule has 3 aromatic rings. The molecular weight excluding hydrogens is 571 g/mol. The van der Waals surface area contributed by atoms with Crippen LogP contribution in [-0.2, 0) is 7.05 Å². The molecule has 8 nitrogen and oxygen atoms in total. The van der Waals surface area contributed by atoms with Crippen LogP contribution >= 0.6 is 0 Å². The van der Waals surface area contributed by atoms with E-state index in [2.05, 4.69) is 53.5 Å². The van der Waals surface area contributed by atoms with Gasteiger partial charge in [0.15, 0.2) is 5.82 Å². The van der Waals surface area contributed by atoms with Crippen LogP contribution in [0.5, 0.6) is 11.5 Å². The molecule has 43 heavy (non-hydrogen) atoms. The summed E-state index contributed by atoms with van der Waals surface area (Å²) >= 11 is 0. The van der Waals surface area contributed by atoms with Crippen LogP contribution in [0.4, 0.5) is 27.6 Å². The SMILES string of the molecule is C/C=C(/NN)Nc1c(OC)cccc1C(C)C.CC1CC=C(c2nn(-c3ccc(OC(F)(F)C(F)(F)F)cc3)n2C)CC1.[HH].[HH]. The number of nitrogens with two attached hydrogens (primary N) is 1. The second-order valence-electron chi connectivity index (χ2n) is 10.5. The lowest BCUT2D eigenvalue weighted by Gasteiger charge is -2.26. The van der Waals surface area contributed by atoms with E-state index in [9.17, 15) is 22.0 Å². The lowest BCUT2D eigenvalue weighted by Crippen LogP contribution is -2.41. The molecule has 0 fully saturated rings. The maximum atomic E-state index is 12.9. The summed E-state index contributed by atoms with van der Waals surface area (Å²) in [5, 5.41) is 7.65. The summed E-state index contributed by atoms with van der Waals surface area (Å²) < 4.78 is 73.3. The third-order valence-corrected chi connectivity index (χ3v) is 6.99. The highest BCUT2D eigenvalue weighted by atomic mass is 19.4. The van der Waals surface area contributed by atoms with Gasteiger partial charge in [0.25, 0.3) is 0 Å². The summed E-state index contributed by atoms with van der Waals surface area (Å²) in [4.78, 5) is 1.54. The number of methoxy groups -OCH3 is 1. The fraction of sp³-hybridized carbons (Fsp3) is 0.433. The average molecular weight is 615 g/mol. The Labute approximate surface area is 251 Å². The number of para-hydroxylation sites is 1. The van der Waals surface area contributed by atoms with Gasteiger partial charge in [0.2, 0.25) is 0 Å². The Morgan fingerprint density at radius 2 is 1.81 bits per heavy atom. The average Bonchev–Trinajstić information content (AvgIpc) is 2.96. The minimum absolute atomic E-state index is 0. The third-order valence-electron chi connectivity index (χ3n) is 6.99. The first kappa shape index (κ1) is 33.5. The fourth-order valence-electron chi connectivity index (χ4n) is 4.46. The van der Waals surface area contributed by atoms with Crippen LogP contribution in [0.1, 0.15) is 67.1 Å². The number of ether oxygens (including phenoxy) is 2. The molecule has 240 valence electrons. The van der Waals surface area contributed by atoms with Crippen LogP contribution in [0.2, 0.25) is 0 Å². The molecule has 4 rings (SSSR count). The zero-order valence-electron chi connectivity index (χ0n) is 25.1. The summed E-state index contributed by atoms with van der Waals surface area (Å²) in [5.41, 5.74) is 6.45. The zero-order chi connectivity index (χ0) is 31.9. The first-order valence-electron chi connectivity index (χ1n) is 13.8. The minimum atomic E-state index is -5.77. The first-order valence-corrected chi connectivity index (χ1v) is 13.8. The standard InChI is InChI=1S/C17H18F5N3O.C13H21N3O.2H2/c1-11-3-5-12(6-4-11)15-23-25(24(15)2)13-7-9-14(10-8-13)26-17(21,22)16(18,19)20;1-5-12(16-14)15-13-10(9(2)3)7-6-8-11(13)17-4;;/h5,7-11H,3-4,6H2,1-2H3;5-9,15-16H,14H2,1-4H3;2*1H/b;12-5+;;. The Kier molecular flexibility index (Phi) is 10.9. The van der Waals surface area contributed by atoms with Crippen LogP contribution in [0.15, 0.2) is 60.4 Å². The Balaban J connectivity index is 0.000000468. The Hall–Kier alpha value is -4.00. The largest absolute Gasteiger partial charge is 0.499 e. The number of halogens is 5. The maximum Gasteiger partial charge on any atom is 0.499 e. The maximum absolute atomic E-state index is 12.9. The molecule has 0 aliphatic heterocycles. The molecule has 0 saturated heterocycles. The number of hydrogen-bond acceptors (Lipinski definition) is 6. The van der Waals surface area contributed by atoms with E-state index in [0.717, 1.165) is 60.1 Å². The number of anilines is 1. The summed E-state index contributed by atoms with van der Waals surface area (Å²) in [5.74, 6) is 8.30. The number of rotatable bonds is 9. The molecule has 1 atom stereocenters. The summed E-state index contributed by atoms with van der Waals surface area (Å²) in [7, 11) is 3.47. The van der Waals surface area contributed by atoms with Crippen molar-refractivity contribution in [2.24, 2.45) is 18.8 Å². The van der Waals surface area contributed by atoms with Crippen molar-refractivity contribution >= 4 is 11.3 Å². The number of benzene rings is 2. The summed E-state index contributed by atoms with van der Waals surface area (Å²) in [6.07, 6.45) is -3.93. The van der Waals surface area contributed by atoms with Gasteiger partial charge < -0.3 is 20.2 Å². The second-order valence-corrected chi connectivity index (χ2v) is 10.5. The van der Waals surface area contributed by atoms with Gasteiger partial charge in [-0.1, -0.05) is 39.0 Å². The van der Waals surface area contributed by atoms with Gasteiger partial charge in [0.05, 0.1) is 18.5 Å². The number of hydrogen-bond donors (Lipinski definition) is 3. The van der Waals surface area contributed by atoms with Crippen LogP contribution in [0, 0.1) is 5.92 Å². The predicted molar refractivity (Wildman–Crippen MR) is 161 cm³/mol. The molecule has 0 spiro atoms. The molecule has 1 unspecified atom stereocenters. The highest BCUT2D eigenvalue weighted by molar-refractivity contribution is 5.65. The van der Waals surface area contributed by atoms with Crippen LogP contribution in [0.25, 0.3) is 11.3 Å². The lowest BCUT2D eigenvalue weighted by atomic mass is 9.91. The van der Waals surface area contributed by atoms with E-state index in [1.54, 1.807) is 11.9 Å². The van der Waals surface area contributed by atoms with Crippen molar-refractivity contribution in [3.63, 3.8) is 0 Å². The van der Waals surface area contributed by atoms with Crippen LogP contribution in [-0.4, -0.2) is 34.0 Å². The van der Waals surface area contributed by atoms with E-state index >= 15 is 0 Å². The molecule has 0 bridgehead atoms. The lowest BCUT2D eigenvalue weighted by molar-refractivity contribution is -0.360. The van der Waals surface area contributed by atoms with Crippen molar-refractivity contribution in [1.82, 2.24) is 20.0 Å². The van der Waals surface area contributed by atoms with Crippen molar-refractivity contribution < 1.29 is 34.3 Å². The number of nitrogens with one attached hydrogen (secondary N) is 2. The molecule has 1 heterocycles. The highest BCUT2D eigenvalue weighted by Crippen LogP contribution is 2.38. The van der Waals surface area contributed by atoms with Gasteiger partial charge in [0.1, 0.15) is 17.3 Å². The first-order chi connectivity index (χ1) is 20.2. The van der Waals surface area contributed by atoms with E-state index in [1.165, 1.54) is 17.7 Å². The molecule has 13 heteroatoms. The monoisotopic (exact) mass is 614 g/mol. The zero-order valence-corrected chi connectivity index (χ0v) is 25.1. The van der Waals surface area contributed by atoms with Gasteiger partial charge in [-0.2, -0.15) is 26.7 Å². The van der Waals surface area contributed by atoms with E-state index in [4.69, 9.17) is 10.6 Å². The highest BCUT2D eigenvalue weighted by Gasteiger charge is 2.61. The molecule has 0 radical (unpaired) electrons. The number of hydrazine groups is 1. The molecule has 0 saturated carbocycles. The molecule has 1 aromatic heterocycles.